The molecule has 0 unspecified atom stereocenters. The first-order valence-electron chi connectivity index (χ1n) is 5.93. The minimum Gasteiger partial charge on any atom is -0.407 e. The normalized spacial score (nSPS) is 11.2. The van der Waals surface area contributed by atoms with E-state index in [4.69, 9.17) is 4.74 Å². The van der Waals surface area contributed by atoms with Crippen LogP contribution < -0.4 is 4.74 Å². The molecule has 92 valence electrons. The number of ether oxygens (including phenoxy) is 1. The highest BCUT2D eigenvalue weighted by molar-refractivity contribution is 5.24. The van der Waals surface area contributed by atoms with Gasteiger partial charge in [-0.1, -0.05) is 45.9 Å². The van der Waals surface area contributed by atoms with Crippen LogP contribution in [0.25, 0.3) is 0 Å². The quantitative estimate of drug-likeness (QED) is 0.812. The second-order valence-corrected chi connectivity index (χ2v) is 4.78. The van der Waals surface area contributed by atoms with Gasteiger partial charge in [-0.25, -0.2) is 0 Å². The molecule has 2 nitrogen and oxygen atoms in total. The van der Waals surface area contributed by atoms with E-state index in [1.807, 2.05) is 58.0 Å². The molecule has 0 aliphatic heterocycles. The lowest BCUT2D eigenvalue weighted by Crippen LogP contribution is -2.39. The SMILES string of the molecule is CC(C)C(O)(C#COc1ccccc1)C(C)C. The third kappa shape index (κ3) is 3.51. The Bertz CT molecular complexity index is 388. The molecule has 17 heavy (non-hydrogen) atoms. The fourth-order valence-electron chi connectivity index (χ4n) is 1.61. The molecule has 1 aromatic carbocycles. The molecule has 0 spiro atoms. The minimum atomic E-state index is -1.01. The minimum absolute atomic E-state index is 0.0642. The molecular formula is C15H20O2. The summed E-state index contributed by atoms with van der Waals surface area (Å²) in [7, 11) is 0. The van der Waals surface area contributed by atoms with Gasteiger partial charge in [0.05, 0.1) is 0 Å². The van der Waals surface area contributed by atoms with Crippen molar-refractivity contribution in [1.29, 1.82) is 0 Å². The first-order chi connectivity index (χ1) is 7.97. The average molecular weight is 232 g/mol. The number of benzene rings is 1. The van der Waals surface area contributed by atoms with Crippen molar-refractivity contribution in [3.05, 3.63) is 30.3 Å². The van der Waals surface area contributed by atoms with Crippen molar-refractivity contribution in [3.63, 3.8) is 0 Å². The van der Waals surface area contributed by atoms with Crippen LogP contribution in [-0.2, 0) is 0 Å². The summed E-state index contributed by atoms with van der Waals surface area (Å²) in [6.07, 6.45) is 2.60. The predicted molar refractivity (Wildman–Crippen MR) is 69.5 cm³/mol. The van der Waals surface area contributed by atoms with Crippen molar-refractivity contribution in [2.45, 2.75) is 33.3 Å². The van der Waals surface area contributed by atoms with E-state index in [0.29, 0.717) is 5.75 Å². The van der Waals surface area contributed by atoms with Gasteiger partial charge in [0.1, 0.15) is 17.5 Å². The van der Waals surface area contributed by atoms with Crippen molar-refractivity contribution in [2.24, 2.45) is 11.8 Å². The second-order valence-electron chi connectivity index (χ2n) is 4.78. The topological polar surface area (TPSA) is 29.5 Å². The molecule has 0 saturated carbocycles. The van der Waals surface area contributed by atoms with E-state index in [1.54, 1.807) is 0 Å². The van der Waals surface area contributed by atoms with Gasteiger partial charge in [0.25, 0.3) is 0 Å². The maximum Gasteiger partial charge on any atom is 0.140 e. The van der Waals surface area contributed by atoms with E-state index in [-0.39, 0.29) is 11.8 Å². The Balaban J connectivity index is 2.77. The van der Waals surface area contributed by atoms with Crippen molar-refractivity contribution in [3.8, 4) is 17.8 Å². The molecule has 0 heterocycles. The predicted octanol–water partition coefficient (Wildman–Crippen LogP) is 3.07. The summed E-state index contributed by atoms with van der Waals surface area (Å²) in [6, 6.07) is 9.35. The molecular weight excluding hydrogens is 212 g/mol. The highest BCUT2D eigenvalue weighted by Gasteiger charge is 2.32. The first-order valence-corrected chi connectivity index (χ1v) is 5.93. The molecule has 0 radical (unpaired) electrons. The molecule has 0 aliphatic rings. The van der Waals surface area contributed by atoms with Gasteiger partial charge in [0.15, 0.2) is 0 Å². The Hall–Kier alpha value is -1.46. The van der Waals surface area contributed by atoms with Gasteiger partial charge >= 0.3 is 0 Å². The van der Waals surface area contributed by atoms with Crippen LogP contribution in [-0.4, -0.2) is 10.7 Å². The van der Waals surface area contributed by atoms with Crippen LogP contribution in [0.4, 0.5) is 0 Å². The van der Waals surface area contributed by atoms with E-state index in [2.05, 4.69) is 12.0 Å². The summed E-state index contributed by atoms with van der Waals surface area (Å²) in [6.45, 7) is 7.82. The van der Waals surface area contributed by atoms with E-state index >= 15 is 0 Å². The number of hydrogen-bond donors (Lipinski definition) is 1. The highest BCUT2D eigenvalue weighted by Crippen LogP contribution is 2.25. The van der Waals surface area contributed by atoms with Crippen LogP contribution in [0.15, 0.2) is 30.3 Å². The molecule has 0 saturated heterocycles. The standard InChI is InChI=1S/C15H20O2/c1-12(2)15(16,13(3)4)10-11-17-14-8-6-5-7-9-14/h5-9,12-13,16H,1-4H3. The molecule has 0 bridgehead atoms. The Morgan fingerprint density at radius 2 is 1.59 bits per heavy atom. The number of rotatable bonds is 3. The smallest absolute Gasteiger partial charge is 0.140 e. The summed E-state index contributed by atoms with van der Waals surface area (Å²) in [4.78, 5) is 0. The third-order valence-corrected chi connectivity index (χ3v) is 2.92. The zero-order chi connectivity index (χ0) is 12.9. The first kappa shape index (κ1) is 13.6. The van der Waals surface area contributed by atoms with E-state index in [1.165, 1.54) is 0 Å². The van der Waals surface area contributed by atoms with Gasteiger partial charge in [0.2, 0.25) is 0 Å². The monoisotopic (exact) mass is 232 g/mol. The fraction of sp³-hybridized carbons (Fsp3) is 0.467. The number of aliphatic hydroxyl groups is 1. The Morgan fingerprint density at radius 3 is 2.06 bits per heavy atom. The van der Waals surface area contributed by atoms with Crippen LogP contribution in [0, 0.1) is 23.9 Å². The Kier molecular flexibility index (Phi) is 4.60. The van der Waals surface area contributed by atoms with E-state index < -0.39 is 5.60 Å². The van der Waals surface area contributed by atoms with Crippen molar-refractivity contribution >= 4 is 0 Å². The Labute approximate surface area is 104 Å². The lowest BCUT2D eigenvalue weighted by molar-refractivity contribution is 0.00879. The van der Waals surface area contributed by atoms with Gasteiger partial charge < -0.3 is 9.84 Å². The van der Waals surface area contributed by atoms with Crippen molar-refractivity contribution < 1.29 is 9.84 Å². The average Bonchev–Trinajstić information content (AvgIpc) is 2.29. The zero-order valence-corrected chi connectivity index (χ0v) is 10.9. The lowest BCUT2D eigenvalue weighted by Gasteiger charge is -2.30. The van der Waals surface area contributed by atoms with Crippen LogP contribution in [0.3, 0.4) is 0 Å². The van der Waals surface area contributed by atoms with Crippen LogP contribution in [0.2, 0.25) is 0 Å². The van der Waals surface area contributed by atoms with Gasteiger partial charge in [-0.15, -0.1) is 0 Å². The number of para-hydroxylation sites is 1. The molecule has 0 atom stereocenters. The summed E-state index contributed by atoms with van der Waals surface area (Å²) >= 11 is 0. The largest absolute Gasteiger partial charge is 0.407 e. The van der Waals surface area contributed by atoms with Crippen LogP contribution in [0.5, 0.6) is 5.75 Å². The molecule has 1 aromatic rings. The zero-order valence-electron chi connectivity index (χ0n) is 10.9. The maximum atomic E-state index is 10.4. The van der Waals surface area contributed by atoms with E-state index in [0.717, 1.165) is 0 Å². The van der Waals surface area contributed by atoms with Crippen molar-refractivity contribution in [2.75, 3.05) is 0 Å². The summed E-state index contributed by atoms with van der Waals surface area (Å²) in [5.41, 5.74) is -1.01. The fourth-order valence-corrected chi connectivity index (χ4v) is 1.61. The summed E-state index contributed by atoms with van der Waals surface area (Å²) in [5.74, 6) is 3.64. The molecule has 1 N–H and O–H groups in total. The van der Waals surface area contributed by atoms with Crippen LogP contribution >= 0.6 is 0 Å². The molecule has 0 aromatic heterocycles. The highest BCUT2D eigenvalue weighted by atomic mass is 16.5. The van der Waals surface area contributed by atoms with Gasteiger partial charge in [-0.2, -0.15) is 0 Å². The van der Waals surface area contributed by atoms with Gasteiger partial charge in [-0.3, -0.25) is 0 Å². The molecule has 0 aliphatic carbocycles. The summed E-state index contributed by atoms with van der Waals surface area (Å²) in [5, 5.41) is 10.4. The lowest BCUT2D eigenvalue weighted by atomic mass is 9.81. The van der Waals surface area contributed by atoms with Crippen LogP contribution in [0.1, 0.15) is 27.7 Å². The van der Waals surface area contributed by atoms with E-state index in [9.17, 15) is 5.11 Å². The summed E-state index contributed by atoms with van der Waals surface area (Å²) < 4.78 is 5.28. The molecule has 0 fully saturated rings. The third-order valence-electron chi connectivity index (χ3n) is 2.92. The van der Waals surface area contributed by atoms with Gasteiger partial charge in [-0.05, 0) is 29.9 Å². The second kappa shape index (κ2) is 5.75. The maximum absolute atomic E-state index is 10.4. The van der Waals surface area contributed by atoms with Crippen molar-refractivity contribution in [1.82, 2.24) is 0 Å². The molecule has 1 rings (SSSR count). The Morgan fingerprint density at radius 1 is 1.06 bits per heavy atom. The molecule has 0 amide bonds. The molecule has 2 heteroatoms. The van der Waals surface area contributed by atoms with Gasteiger partial charge in [0, 0.05) is 0 Å². The number of hydrogen-bond acceptors (Lipinski definition) is 2.